The average Bonchev–Trinajstić information content (AvgIpc) is 3.18. The van der Waals surface area contributed by atoms with Crippen molar-refractivity contribution in [1.29, 1.82) is 0 Å². The van der Waals surface area contributed by atoms with E-state index in [9.17, 15) is 14.4 Å². The maximum absolute atomic E-state index is 12.7. The van der Waals surface area contributed by atoms with Gasteiger partial charge in [-0.15, -0.1) is 0 Å². The van der Waals surface area contributed by atoms with Crippen LogP contribution in [0.2, 0.25) is 0 Å². The van der Waals surface area contributed by atoms with Crippen LogP contribution < -0.4 is 5.32 Å². The zero-order chi connectivity index (χ0) is 18.1. The lowest BCUT2D eigenvalue weighted by atomic mass is 9.94. The van der Waals surface area contributed by atoms with Gasteiger partial charge in [0, 0.05) is 29.5 Å². The van der Waals surface area contributed by atoms with Crippen LogP contribution in [-0.4, -0.2) is 29.2 Å². The van der Waals surface area contributed by atoms with Gasteiger partial charge >= 0.3 is 0 Å². The minimum Gasteiger partial charge on any atom is -0.467 e. The predicted molar refractivity (Wildman–Crippen MR) is 94.5 cm³/mol. The fourth-order valence-corrected chi connectivity index (χ4v) is 3.18. The third-order valence-corrected chi connectivity index (χ3v) is 4.46. The number of carbonyl (C=O) groups excluding carboxylic acids is 3. The van der Waals surface area contributed by atoms with Gasteiger partial charge in [0.1, 0.15) is 5.76 Å². The van der Waals surface area contributed by atoms with Gasteiger partial charge < -0.3 is 9.73 Å². The fourth-order valence-electron chi connectivity index (χ4n) is 3.18. The van der Waals surface area contributed by atoms with Gasteiger partial charge in [0.05, 0.1) is 12.8 Å². The lowest BCUT2D eigenvalue weighted by Crippen LogP contribution is -2.42. The molecule has 1 aromatic heterocycles. The van der Waals surface area contributed by atoms with Gasteiger partial charge in [0.2, 0.25) is 5.91 Å². The molecule has 0 bridgehead atoms. The van der Waals surface area contributed by atoms with Gasteiger partial charge in [-0.2, -0.15) is 0 Å². The molecular weight excluding hydrogens is 332 g/mol. The van der Waals surface area contributed by atoms with Crippen LogP contribution in [0.25, 0.3) is 10.8 Å². The number of furan rings is 1. The third kappa shape index (κ3) is 2.75. The highest BCUT2D eigenvalue weighted by atomic mass is 16.3. The molecule has 130 valence electrons. The first-order chi connectivity index (χ1) is 12.6. The summed E-state index contributed by atoms with van der Waals surface area (Å²) in [5, 5.41) is 4.25. The highest BCUT2D eigenvalue weighted by Gasteiger charge is 2.32. The van der Waals surface area contributed by atoms with Crippen LogP contribution in [-0.2, 0) is 11.3 Å². The second-order valence-corrected chi connectivity index (χ2v) is 6.08. The molecule has 26 heavy (non-hydrogen) atoms. The van der Waals surface area contributed by atoms with E-state index in [1.807, 2.05) is 12.1 Å². The second-order valence-electron chi connectivity index (χ2n) is 6.08. The lowest BCUT2D eigenvalue weighted by Gasteiger charge is -2.27. The molecule has 6 nitrogen and oxygen atoms in total. The Balaban J connectivity index is 1.49. The van der Waals surface area contributed by atoms with Crippen molar-refractivity contribution in [3.05, 3.63) is 71.7 Å². The SMILES string of the molecule is O=C(CCN1C(=O)c2cccc3cccc(c23)C1=O)NCc1ccco1. The summed E-state index contributed by atoms with van der Waals surface area (Å²) in [5.74, 6) is -0.334. The molecule has 2 aromatic carbocycles. The zero-order valence-electron chi connectivity index (χ0n) is 13.9. The van der Waals surface area contributed by atoms with Crippen molar-refractivity contribution >= 4 is 28.5 Å². The quantitative estimate of drug-likeness (QED) is 0.719. The summed E-state index contributed by atoms with van der Waals surface area (Å²) in [6, 6.07) is 14.3. The van der Waals surface area contributed by atoms with Crippen molar-refractivity contribution in [3.8, 4) is 0 Å². The molecule has 0 radical (unpaired) electrons. The first-order valence-corrected chi connectivity index (χ1v) is 8.32. The van der Waals surface area contributed by atoms with Crippen LogP contribution >= 0.6 is 0 Å². The molecular formula is C20H16N2O4. The molecule has 6 heteroatoms. The molecule has 0 spiro atoms. The van der Waals surface area contributed by atoms with Crippen LogP contribution in [0.5, 0.6) is 0 Å². The molecule has 0 saturated heterocycles. The molecule has 2 heterocycles. The van der Waals surface area contributed by atoms with E-state index in [1.165, 1.54) is 6.26 Å². The Hall–Kier alpha value is -3.41. The van der Waals surface area contributed by atoms with E-state index < -0.39 is 0 Å². The van der Waals surface area contributed by atoms with Crippen molar-refractivity contribution < 1.29 is 18.8 Å². The molecule has 1 aliphatic rings. The van der Waals surface area contributed by atoms with Crippen LogP contribution in [0.15, 0.2) is 59.2 Å². The van der Waals surface area contributed by atoms with Gasteiger partial charge in [0.25, 0.3) is 11.8 Å². The Morgan fingerprint density at radius 2 is 1.65 bits per heavy atom. The third-order valence-electron chi connectivity index (χ3n) is 4.46. The number of hydrogen-bond donors (Lipinski definition) is 1. The van der Waals surface area contributed by atoms with E-state index in [-0.39, 0.29) is 37.2 Å². The molecule has 0 unspecified atom stereocenters. The number of nitrogens with one attached hydrogen (secondary N) is 1. The molecule has 0 saturated carbocycles. The molecule has 4 rings (SSSR count). The number of carbonyl (C=O) groups is 3. The van der Waals surface area contributed by atoms with Crippen LogP contribution in [0, 0.1) is 0 Å². The summed E-state index contributed by atoms with van der Waals surface area (Å²) >= 11 is 0. The number of rotatable bonds is 5. The summed E-state index contributed by atoms with van der Waals surface area (Å²) in [6.45, 7) is 0.308. The number of benzene rings is 2. The smallest absolute Gasteiger partial charge is 0.261 e. The van der Waals surface area contributed by atoms with Gasteiger partial charge in [0.15, 0.2) is 0 Å². The van der Waals surface area contributed by atoms with Crippen molar-refractivity contribution in [1.82, 2.24) is 10.2 Å². The minimum atomic E-state index is -0.363. The van der Waals surface area contributed by atoms with E-state index in [0.717, 1.165) is 10.3 Å². The Bertz CT molecular complexity index is 957. The van der Waals surface area contributed by atoms with E-state index in [4.69, 9.17) is 4.42 Å². The van der Waals surface area contributed by atoms with Gasteiger partial charge in [-0.3, -0.25) is 19.3 Å². The average molecular weight is 348 g/mol. The summed E-state index contributed by atoms with van der Waals surface area (Å²) in [5.41, 5.74) is 0.988. The summed E-state index contributed by atoms with van der Waals surface area (Å²) in [6.07, 6.45) is 1.57. The van der Waals surface area contributed by atoms with Crippen LogP contribution in [0.3, 0.4) is 0 Å². The first-order valence-electron chi connectivity index (χ1n) is 8.32. The molecule has 0 atom stereocenters. The monoisotopic (exact) mass is 348 g/mol. The lowest BCUT2D eigenvalue weighted by molar-refractivity contribution is -0.121. The van der Waals surface area contributed by atoms with Crippen molar-refractivity contribution in [2.45, 2.75) is 13.0 Å². The highest BCUT2D eigenvalue weighted by molar-refractivity contribution is 6.25. The maximum Gasteiger partial charge on any atom is 0.261 e. The standard InChI is InChI=1S/C20H16N2O4/c23-17(21-12-14-6-3-11-26-14)9-10-22-19(24)15-7-1-4-13-5-2-8-16(18(13)15)20(22)25/h1-8,11H,9-10,12H2,(H,21,23). The molecule has 3 amide bonds. The van der Waals surface area contributed by atoms with Crippen LogP contribution in [0.4, 0.5) is 0 Å². The number of amides is 3. The largest absolute Gasteiger partial charge is 0.467 e. The second kappa shape index (κ2) is 6.48. The topological polar surface area (TPSA) is 79.6 Å². The Kier molecular flexibility index (Phi) is 4.01. The van der Waals surface area contributed by atoms with Gasteiger partial charge in [-0.25, -0.2) is 0 Å². The Morgan fingerprint density at radius 3 is 2.27 bits per heavy atom. The zero-order valence-corrected chi connectivity index (χ0v) is 13.9. The molecule has 0 fully saturated rings. The van der Waals surface area contributed by atoms with Gasteiger partial charge in [-0.05, 0) is 29.7 Å². The normalized spacial score (nSPS) is 13.3. The summed E-state index contributed by atoms with van der Waals surface area (Å²) < 4.78 is 5.15. The number of hydrogen-bond acceptors (Lipinski definition) is 4. The minimum absolute atomic E-state index is 0.0341. The fraction of sp³-hybridized carbons (Fsp3) is 0.150. The van der Waals surface area contributed by atoms with Crippen LogP contribution in [0.1, 0.15) is 32.9 Å². The van der Waals surface area contributed by atoms with E-state index in [2.05, 4.69) is 5.32 Å². The van der Waals surface area contributed by atoms with E-state index in [0.29, 0.717) is 22.3 Å². The van der Waals surface area contributed by atoms with E-state index in [1.54, 1.807) is 36.4 Å². The maximum atomic E-state index is 12.7. The summed E-state index contributed by atoms with van der Waals surface area (Å²) in [7, 11) is 0. The summed E-state index contributed by atoms with van der Waals surface area (Å²) in [4.78, 5) is 38.6. The molecule has 1 aliphatic heterocycles. The first kappa shape index (κ1) is 16.1. The highest BCUT2D eigenvalue weighted by Crippen LogP contribution is 2.29. The number of imide groups is 1. The Labute approximate surface area is 149 Å². The predicted octanol–water partition coefficient (Wildman–Crippen LogP) is 2.74. The van der Waals surface area contributed by atoms with Gasteiger partial charge in [-0.1, -0.05) is 24.3 Å². The molecule has 1 N–H and O–H groups in total. The molecule has 3 aromatic rings. The molecule has 0 aliphatic carbocycles. The van der Waals surface area contributed by atoms with Crippen molar-refractivity contribution in [2.24, 2.45) is 0 Å². The van der Waals surface area contributed by atoms with Crippen molar-refractivity contribution in [3.63, 3.8) is 0 Å². The number of nitrogens with zero attached hydrogens (tertiary/aromatic N) is 1. The Morgan fingerprint density at radius 1 is 0.962 bits per heavy atom. The van der Waals surface area contributed by atoms with Crippen molar-refractivity contribution in [2.75, 3.05) is 6.54 Å². The van der Waals surface area contributed by atoms with E-state index >= 15 is 0 Å².